The van der Waals surface area contributed by atoms with Crippen LogP contribution < -0.4 is 5.73 Å². The van der Waals surface area contributed by atoms with Gasteiger partial charge in [-0.25, -0.2) is 19.4 Å². The first-order chi connectivity index (χ1) is 12.5. The molecule has 0 aliphatic carbocycles. The van der Waals surface area contributed by atoms with E-state index in [9.17, 15) is 4.79 Å². The number of carbonyl (C=O) groups is 1. The van der Waals surface area contributed by atoms with Gasteiger partial charge in [0.2, 0.25) is 0 Å². The Labute approximate surface area is 158 Å². The minimum absolute atomic E-state index is 0.226. The number of aromatic nitrogens is 5. The third-order valence-corrected chi connectivity index (χ3v) is 4.14. The number of ether oxygens (including phenoxy) is 1. The zero-order valence-corrected chi connectivity index (χ0v) is 15.7. The monoisotopic (exact) mass is 416 g/mol. The van der Waals surface area contributed by atoms with Crippen molar-refractivity contribution in [3.63, 3.8) is 0 Å². The van der Waals surface area contributed by atoms with E-state index in [4.69, 9.17) is 10.5 Å². The molecule has 2 heterocycles. The SMILES string of the molecule is Cc1ncc(Cn2cc(CCOC(=O)c3ccc(Br)cc3)nn2)c(N)n1. The molecule has 2 aromatic heterocycles. The maximum absolute atomic E-state index is 12.0. The fourth-order valence-corrected chi connectivity index (χ4v) is 2.52. The smallest absolute Gasteiger partial charge is 0.338 e. The van der Waals surface area contributed by atoms with Gasteiger partial charge in [0.05, 0.1) is 24.4 Å². The van der Waals surface area contributed by atoms with Crippen molar-refractivity contribution in [1.29, 1.82) is 0 Å². The van der Waals surface area contributed by atoms with E-state index in [1.807, 2.05) is 0 Å². The van der Waals surface area contributed by atoms with Crippen molar-refractivity contribution in [2.24, 2.45) is 0 Å². The van der Waals surface area contributed by atoms with Crippen LogP contribution >= 0.6 is 15.9 Å². The second-order valence-electron chi connectivity index (χ2n) is 5.63. The average Bonchev–Trinajstić information content (AvgIpc) is 3.05. The van der Waals surface area contributed by atoms with Crippen LogP contribution in [-0.4, -0.2) is 37.5 Å². The summed E-state index contributed by atoms with van der Waals surface area (Å²) in [5.41, 5.74) is 7.88. The Morgan fingerprint density at radius 1 is 1.31 bits per heavy atom. The van der Waals surface area contributed by atoms with Crippen LogP contribution in [-0.2, 0) is 17.7 Å². The van der Waals surface area contributed by atoms with Gasteiger partial charge < -0.3 is 10.5 Å². The Bertz CT molecular complexity index is 910. The summed E-state index contributed by atoms with van der Waals surface area (Å²) in [6.45, 7) is 2.43. The number of hydrogen-bond donors (Lipinski definition) is 1. The van der Waals surface area contributed by atoms with Crippen molar-refractivity contribution < 1.29 is 9.53 Å². The van der Waals surface area contributed by atoms with Crippen molar-refractivity contribution in [3.05, 3.63) is 63.8 Å². The number of aryl methyl sites for hydroxylation is 1. The summed E-state index contributed by atoms with van der Waals surface area (Å²) in [6, 6.07) is 7.00. The zero-order chi connectivity index (χ0) is 18.5. The molecule has 0 amide bonds. The number of nitrogens with zero attached hydrogens (tertiary/aromatic N) is 5. The number of nitrogens with two attached hydrogens (primary N) is 1. The second-order valence-corrected chi connectivity index (χ2v) is 6.54. The van der Waals surface area contributed by atoms with Gasteiger partial charge in [-0.05, 0) is 31.2 Å². The lowest BCUT2D eigenvalue weighted by molar-refractivity contribution is 0.0508. The number of benzene rings is 1. The van der Waals surface area contributed by atoms with Gasteiger partial charge in [-0.2, -0.15) is 0 Å². The van der Waals surface area contributed by atoms with Crippen LogP contribution in [0.4, 0.5) is 5.82 Å². The third-order valence-electron chi connectivity index (χ3n) is 3.61. The van der Waals surface area contributed by atoms with Crippen LogP contribution in [0.2, 0.25) is 0 Å². The molecule has 3 aromatic rings. The quantitative estimate of drug-likeness (QED) is 0.613. The van der Waals surface area contributed by atoms with Gasteiger partial charge in [-0.1, -0.05) is 21.1 Å². The standard InChI is InChI=1S/C17H17BrN6O2/c1-11-20-8-13(16(19)21-11)9-24-10-15(22-23-24)6-7-26-17(25)12-2-4-14(18)5-3-12/h2-5,8,10H,6-7,9H2,1H3,(H2,19,20,21). The summed E-state index contributed by atoms with van der Waals surface area (Å²) in [5.74, 6) is 0.686. The van der Waals surface area contributed by atoms with Gasteiger partial charge in [-0.3, -0.25) is 0 Å². The zero-order valence-electron chi connectivity index (χ0n) is 14.1. The highest BCUT2D eigenvalue weighted by molar-refractivity contribution is 9.10. The largest absolute Gasteiger partial charge is 0.462 e. The van der Waals surface area contributed by atoms with Crippen molar-refractivity contribution in [2.45, 2.75) is 19.9 Å². The van der Waals surface area contributed by atoms with E-state index in [1.165, 1.54) is 0 Å². The number of rotatable bonds is 6. The Balaban J connectivity index is 1.52. The van der Waals surface area contributed by atoms with E-state index in [-0.39, 0.29) is 12.6 Å². The van der Waals surface area contributed by atoms with Crippen LogP contribution in [0.3, 0.4) is 0 Å². The van der Waals surface area contributed by atoms with Gasteiger partial charge >= 0.3 is 5.97 Å². The van der Waals surface area contributed by atoms with Crippen LogP contribution in [0, 0.1) is 6.92 Å². The second kappa shape index (κ2) is 8.05. The van der Waals surface area contributed by atoms with E-state index >= 15 is 0 Å². The van der Waals surface area contributed by atoms with Gasteiger partial charge in [0.1, 0.15) is 11.6 Å². The molecule has 0 atom stereocenters. The number of anilines is 1. The molecule has 26 heavy (non-hydrogen) atoms. The van der Waals surface area contributed by atoms with Gasteiger partial charge in [0.25, 0.3) is 0 Å². The number of esters is 1. The topological polar surface area (TPSA) is 109 Å². The predicted octanol–water partition coefficient (Wildman–Crippen LogP) is 2.17. The molecule has 134 valence electrons. The fraction of sp³-hybridized carbons (Fsp3) is 0.235. The van der Waals surface area contributed by atoms with Crippen LogP contribution in [0.25, 0.3) is 0 Å². The summed E-state index contributed by atoms with van der Waals surface area (Å²) >= 11 is 3.33. The molecule has 9 heteroatoms. The molecule has 0 spiro atoms. The van der Waals surface area contributed by atoms with Crippen molar-refractivity contribution in [1.82, 2.24) is 25.0 Å². The molecule has 0 saturated carbocycles. The molecular weight excluding hydrogens is 400 g/mol. The Kier molecular flexibility index (Phi) is 5.57. The van der Waals surface area contributed by atoms with E-state index in [1.54, 1.807) is 48.3 Å². The molecule has 1 aromatic carbocycles. The molecular formula is C17H17BrN6O2. The summed E-state index contributed by atoms with van der Waals surface area (Å²) < 4.78 is 7.82. The third kappa shape index (κ3) is 4.63. The first-order valence-electron chi connectivity index (χ1n) is 7.91. The Hall–Kier alpha value is -2.81. The average molecular weight is 417 g/mol. The Morgan fingerprint density at radius 2 is 2.08 bits per heavy atom. The first kappa shape index (κ1) is 18.0. The van der Waals surface area contributed by atoms with Crippen LogP contribution in [0.5, 0.6) is 0 Å². The minimum atomic E-state index is -0.366. The molecule has 0 saturated heterocycles. The lowest BCUT2D eigenvalue weighted by Crippen LogP contribution is -2.08. The first-order valence-corrected chi connectivity index (χ1v) is 8.70. The maximum Gasteiger partial charge on any atom is 0.338 e. The molecule has 0 fully saturated rings. The normalized spacial score (nSPS) is 10.7. The summed E-state index contributed by atoms with van der Waals surface area (Å²) in [7, 11) is 0. The molecule has 0 bridgehead atoms. The molecule has 2 N–H and O–H groups in total. The number of carbonyl (C=O) groups excluding carboxylic acids is 1. The number of hydrogen-bond acceptors (Lipinski definition) is 7. The van der Waals surface area contributed by atoms with Gasteiger partial charge in [-0.15, -0.1) is 5.10 Å². The van der Waals surface area contributed by atoms with Crippen LogP contribution in [0.1, 0.15) is 27.4 Å². The molecule has 8 nitrogen and oxygen atoms in total. The molecule has 0 aliphatic heterocycles. The highest BCUT2D eigenvalue weighted by Gasteiger charge is 2.09. The lowest BCUT2D eigenvalue weighted by Gasteiger charge is -2.04. The Morgan fingerprint density at radius 3 is 2.81 bits per heavy atom. The molecule has 0 unspecified atom stereocenters. The lowest BCUT2D eigenvalue weighted by atomic mass is 10.2. The fourth-order valence-electron chi connectivity index (χ4n) is 2.26. The molecule has 0 radical (unpaired) electrons. The van der Waals surface area contributed by atoms with Gasteiger partial charge in [0, 0.05) is 28.9 Å². The van der Waals surface area contributed by atoms with Crippen LogP contribution in [0.15, 0.2) is 41.1 Å². The van der Waals surface area contributed by atoms with Crippen molar-refractivity contribution >= 4 is 27.7 Å². The molecule has 3 rings (SSSR count). The highest BCUT2D eigenvalue weighted by atomic mass is 79.9. The van der Waals surface area contributed by atoms with E-state index in [0.29, 0.717) is 30.2 Å². The summed E-state index contributed by atoms with van der Waals surface area (Å²) in [4.78, 5) is 20.2. The predicted molar refractivity (Wildman–Crippen MR) is 98.4 cm³/mol. The highest BCUT2D eigenvalue weighted by Crippen LogP contribution is 2.12. The van der Waals surface area contributed by atoms with E-state index < -0.39 is 0 Å². The summed E-state index contributed by atoms with van der Waals surface area (Å²) in [6.07, 6.45) is 3.94. The van der Waals surface area contributed by atoms with E-state index in [2.05, 4.69) is 36.2 Å². The summed E-state index contributed by atoms with van der Waals surface area (Å²) in [5, 5.41) is 8.13. The van der Waals surface area contributed by atoms with Crippen molar-refractivity contribution in [2.75, 3.05) is 12.3 Å². The minimum Gasteiger partial charge on any atom is -0.462 e. The van der Waals surface area contributed by atoms with Crippen molar-refractivity contribution in [3.8, 4) is 0 Å². The number of nitrogen functional groups attached to an aromatic ring is 1. The number of halogens is 1. The van der Waals surface area contributed by atoms with Gasteiger partial charge in [0.15, 0.2) is 0 Å². The molecule has 0 aliphatic rings. The maximum atomic E-state index is 12.0. The van der Waals surface area contributed by atoms with E-state index in [0.717, 1.165) is 15.7 Å².